The topological polar surface area (TPSA) is 334 Å². The molecule has 5 aliphatic carbocycles. The van der Waals surface area contributed by atoms with Crippen molar-refractivity contribution in [2.75, 3.05) is 40.3 Å². The van der Waals surface area contributed by atoms with Gasteiger partial charge in [0.15, 0.2) is 34.2 Å². The number of aliphatic hydroxyl groups excluding tert-OH is 1. The van der Waals surface area contributed by atoms with Crippen LogP contribution in [-0.4, -0.2) is 183 Å². The summed E-state index contributed by atoms with van der Waals surface area (Å²) in [6, 6.07) is 10.1. The van der Waals surface area contributed by atoms with Crippen LogP contribution in [0, 0.1) is 0 Å². The minimum absolute atomic E-state index is 0.00213. The Hall–Kier alpha value is -11.1. The molecule has 0 radical (unpaired) electrons. The molecule has 133 heavy (non-hydrogen) atoms. The third kappa shape index (κ3) is 30.2. The van der Waals surface area contributed by atoms with Crippen molar-refractivity contribution in [1.82, 2.24) is 98.7 Å². The monoisotopic (exact) mass is 2010 g/mol. The van der Waals surface area contributed by atoms with Crippen LogP contribution in [0.15, 0.2) is 91.6 Å². The molecule has 10 heterocycles. The van der Waals surface area contributed by atoms with Crippen molar-refractivity contribution in [2.24, 2.45) is 0 Å². The van der Waals surface area contributed by atoms with Gasteiger partial charge < -0.3 is 41.2 Å². The molecule has 10 aromatic heterocycles. The SMILES string of the molecule is CCOC(=O)c1cc(NC2CCC(F)(F)CC2)nc(-n2ccc(C(F)(F)F)n2)n1.COCc1cc(NC2CCC(F)(F)CC2)nc(-n2ccc(C(F)(F)F)n2)n1.FC1(F)CCC(Nc2cc(CBr)nc(-n3ccc(C(F)(F)F)n3)n2)CC1.FC1(F)CCC(Nc2cc(Cl)nc(-n3ccc(C(F)(F)F)n3)n2)CC1.OCc1cc(NC2CCC(F)(F)CC2)nc(-n2ccc(C(F)(F)F)n2)n1. The molecule has 0 aromatic carbocycles. The predicted molar refractivity (Wildman–Crippen MR) is 425 cm³/mol. The highest BCUT2D eigenvalue weighted by molar-refractivity contribution is 9.08. The molecule has 5 aliphatic rings. The molecule has 10 aromatic rings. The van der Waals surface area contributed by atoms with Crippen LogP contribution < -0.4 is 26.6 Å². The van der Waals surface area contributed by atoms with E-state index in [9.17, 15) is 120 Å². The zero-order valence-electron chi connectivity index (χ0n) is 69.3. The summed E-state index contributed by atoms with van der Waals surface area (Å²) in [4.78, 5) is 52.7. The van der Waals surface area contributed by atoms with Crippen LogP contribution in [0.25, 0.3) is 29.7 Å². The number of nitrogens with one attached hydrogen (secondary N) is 5. The second-order valence-corrected chi connectivity index (χ2v) is 31.9. The van der Waals surface area contributed by atoms with Gasteiger partial charge in [0.25, 0.3) is 29.7 Å². The van der Waals surface area contributed by atoms with E-state index in [1.54, 1.807) is 19.1 Å². The summed E-state index contributed by atoms with van der Waals surface area (Å²) in [5.41, 5.74) is -4.50. The molecule has 0 spiro atoms. The number of ether oxygens (including phenoxy) is 2. The van der Waals surface area contributed by atoms with E-state index in [1.165, 1.54) is 25.3 Å². The molecule has 0 aliphatic heterocycles. The Kier molecular flexibility index (Phi) is 32.5. The van der Waals surface area contributed by atoms with Crippen molar-refractivity contribution in [3.8, 4) is 29.7 Å². The van der Waals surface area contributed by atoms with E-state index >= 15 is 0 Å². The minimum atomic E-state index is -4.65. The van der Waals surface area contributed by atoms with Crippen LogP contribution in [0.5, 0.6) is 0 Å². The molecule has 5 fully saturated rings. The van der Waals surface area contributed by atoms with Gasteiger partial charge in [-0.1, -0.05) is 27.5 Å². The van der Waals surface area contributed by atoms with Crippen molar-refractivity contribution in [3.05, 3.63) is 148 Å². The lowest BCUT2D eigenvalue weighted by Crippen LogP contribution is -2.32. The van der Waals surface area contributed by atoms with Gasteiger partial charge in [-0.25, -0.2) is 92.0 Å². The molecular formula is C77H80BrClF25N25O4. The third-order valence-corrected chi connectivity index (χ3v) is 21.3. The van der Waals surface area contributed by atoms with Gasteiger partial charge in [-0.05, 0) is 101 Å². The highest BCUT2D eigenvalue weighted by Crippen LogP contribution is 2.42. The zero-order chi connectivity index (χ0) is 97.0. The first-order valence-corrected chi connectivity index (χ1v) is 42.0. The Morgan fingerprint density at radius 1 is 0.383 bits per heavy atom. The number of rotatable bonds is 21. The second-order valence-electron chi connectivity index (χ2n) is 31.0. The summed E-state index contributed by atoms with van der Waals surface area (Å²) in [6.45, 7) is 1.31. The Labute approximate surface area is 750 Å². The van der Waals surface area contributed by atoms with Gasteiger partial charge in [0, 0.05) is 168 Å². The van der Waals surface area contributed by atoms with Crippen LogP contribution in [0.3, 0.4) is 0 Å². The van der Waals surface area contributed by atoms with E-state index < -0.39 is 102 Å². The van der Waals surface area contributed by atoms with Gasteiger partial charge in [0.2, 0.25) is 29.6 Å². The lowest BCUT2D eigenvalue weighted by molar-refractivity contribution is -0.142. The number of carbonyl (C=O) groups is 1. The molecule has 0 amide bonds. The second kappa shape index (κ2) is 42.2. The number of nitrogens with zero attached hydrogens (tertiary/aromatic N) is 20. The number of alkyl halides is 26. The maximum Gasteiger partial charge on any atom is 0.435 e. The van der Waals surface area contributed by atoms with E-state index in [-0.39, 0.29) is 236 Å². The largest absolute Gasteiger partial charge is 0.461 e. The van der Waals surface area contributed by atoms with Gasteiger partial charge in [-0.3, -0.25) is 0 Å². The number of halogens is 27. The maximum absolute atomic E-state index is 13.3. The average Bonchev–Trinajstić information content (AvgIpc) is 1.74. The first-order chi connectivity index (χ1) is 62.2. The van der Waals surface area contributed by atoms with E-state index in [2.05, 4.69) is 118 Å². The van der Waals surface area contributed by atoms with E-state index in [1.807, 2.05) is 0 Å². The molecule has 0 atom stereocenters. The minimum Gasteiger partial charge on any atom is -0.461 e. The van der Waals surface area contributed by atoms with Crippen LogP contribution in [0.4, 0.5) is 139 Å². The van der Waals surface area contributed by atoms with Crippen LogP contribution in [0.1, 0.15) is 191 Å². The van der Waals surface area contributed by atoms with Crippen LogP contribution in [0.2, 0.25) is 5.15 Å². The number of aliphatic hydroxyl groups is 1. The number of aromatic nitrogens is 20. The molecule has 6 N–H and O–H groups in total. The molecule has 0 bridgehead atoms. The fourth-order valence-corrected chi connectivity index (χ4v) is 14.2. The normalized spacial score (nSPS) is 17.9. The summed E-state index contributed by atoms with van der Waals surface area (Å²) in [5, 5.41) is 41.8. The molecule has 56 heteroatoms. The summed E-state index contributed by atoms with van der Waals surface area (Å²) in [5.74, 6) is -13.5. The van der Waals surface area contributed by atoms with E-state index in [0.29, 0.717) is 28.4 Å². The number of carbonyl (C=O) groups excluding carboxylic acids is 1. The Morgan fingerprint density at radius 2 is 0.624 bits per heavy atom. The highest BCUT2D eigenvalue weighted by Gasteiger charge is 2.43. The van der Waals surface area contributed by atoms with Gasteiger partial charge >= 0.3 is 36.9 Å². The highest BCUT2D eigenvalue weighted by atomic mass is 79.9. The third-order valence-electron chi connectivity index (χ3n) is 20.5. The van der Waals surface area contributed by atoms with Crippen molar-refractivity contribution in [1.29, 1.82) is 0 Å². The summed E-state index contributed by atoms with van der Waals surface area (Å²) in [6.07, 6.45) is -17.5. The van der Waals surface area contributed by atoms with Gasteiger partial charge in [-0.2, -0.15) is 121 Å². The first-order valence-electron chi connectivity index (χ1n) is 40.5. The lowest BCUT2D eigenvalue weighted by Gasteiger charge is -2.29. The van der Waals surface area contributed by atoms with Crippen molar-refractivity contribution in [3.63, 3.8) is 0 Å². The maximum atomic E-state index is 13.3. The molecule has 726 valence electrons. The van der Waals surface area contributed by atoms with Crippen molar-refractivity contribution in [2.45, 2.75) is 245 Å². The van der Waals surface area contributed by atoms with Gasteiger partial charge in [-0.15, -0.1) is 0 Å². The molecule has 5 saturated carbocycles. The number of hydrogen-bond donors (Lipinski definition) is 6. The van der Waals surface area contributed by atoms with Gasteiger partial charge in [0.1, 0.15) is 34.2 Å². The Morgan fingerprint density at radius 3 is 0.880 bits per heavy atom. The molecule has 0 saturated heterocycles. The average molecular weight is 2010 g/mol. The Bertz CT molecular complexity index is 5350. The van der Waals surface area contributed by atoms with E-state index in [4.69, 9.17) is 21.1 Å². The summed E-state index contributed by atoms with van der Waals surface area (Å²) in [7, 11) is 1.45. The number of esters is 1. The fourth-order valence-electron chi connectivity index (χ4n) is 13.8. The number of hydrogen-bond acceptors (Lipinski definition) is 24. The lowest BCUT2D eigenvalue weighted by atomic mass is 9.92. The van der Waals surface area contributed by atoms with Crippen LogP contribution in [-0.2, 0) is 58.9 Å². The van der Waals surface area contributed by atoms with Crippen LogP contribution >= 0.6 is 27.5 Å². The summed E-state index contributed by atoms with van der Waals surface area (Å²) < 4.78 is 338. The number of methoxy groups -OCH3 is 1. The quantitative estimate of drug-likeness (QED) is 0.0168. The zero-order valence-corrected chi connectivity index (χ0v) is 71.7. The molecular weight excluding hydrogens is 1930 g/mol. The van der Waals surface area contributed by atoms with Crippen molar-refractivity contribution >= 4 is 62.6 Å². The van der Waals surface area contributed by atoms with Gasteiger partial charge in [0.05, 0.1) is 36.9 Å². The number of anilines is 5. The molecule has 15 rings (SSSR count). The Balaban J connectivity index is 0.000000160. The first kappa shape index (κ1) is 102. The van der Waals surface area contributed by atoms with Crippen molar-refractivity contribution < 1.29 is 129 Å². The van der Waals surface area contributed by atoms with E-state index in [0.717, 1.165) is 84.7 Å². The fraction of sp³-hybridized carbons (Fsp3) is 0.532. The molecule has 0 unspecified atom stereocenters. The standard InChI is InChI=1S/C17H18F5N5O2.C16H18F5N5O.C15H15BrF5N5.C15H16F5N5O.C14H13ClF5N5/c1-2-29-14(28)11-9-13(23-10-3-6-16(18,19)7-4-10)25-15(24-11)27-8-5-12(26-27)17(20,21)22;1-27-9-11-8-13(22-10-2-5-15(17,18)6-3-10)24-14(23-11)26-7-4-12(25-26)16(19,20)21;16-8-10-7-12(22-9-1-4-14(17,18)5-2-9)24-13(23-10)26-6-3-11(25-26)15(19,20)21;16-14(17)4-1-9(2-5-14)21-12-7-10(8-26)22-13(23-12)25-6-3-11(24-25)15(18,19)20;15-10-7-11(21-8-1-4-13(16,17)5-2-8)23-12(22-10)25-6-3-9(24-25)14(18,19)20/h5,8-10H,2-4,6-7H2,1H3,(H,23,24,25);4,7-8,10H,2-3,5-6,9H2,1H3,(H,22,23,24);3,6-7,9H,1-2,4-5,8H2,(H,22,23,24);3,6-7,9,26H,1-2,4-5,8H2,(H,21,22,23);3,6-8H,1-2,4-5H2,(H,21,22,23). The summed E-state index contributed by atoms with van der Waals surface area (Å²) >= 11 is 9.13. The molecule has 29 nitrogen and oxygen atoms in total. The smallest absolute Gasteiger partial charge is 0.435 e. The predicted octanol–water partition coefficient (Wildman–Crippen LogP) is 19.7.